The summed E-state index contributed by atoms with van der Waals surface area (Å²) in [6.07, 6.45) is 5.33. The molecule has 2 amide bonds. The fourth-order valence-electron chi connectivity index (χ4n) is 4.97. The van der Waals surface area contributed by atoms with Crippen LogP contribution in [0, 0.1) is 5.92 Å². The number of methoxy groups -OCH3 is 2. The van der Waals surface area contributed by atoms with Crippen molar-refractivity contribution in [3.8, 4) is 17.0 Å². The Morgan fingerprint density at radius 2 is 1.74 bits per heavy atom. The van der Waals surface area contributed by atoms with E-state index in [4.69, 9.17) is 9.47 Å². The molecule has 2 aromatic heterocycles. The van der Waals surface area contributed by atoms with Crippen LogP contribution in [0.25, 0.3) is 11.3 Å². The fraction of sp³-hybridized carbons (Fsp3) is 0.414. The molecule has 3 heterocycles. The van der Waals surface area contributed by atoms with E-state index in [0.717, 1.165) is 5.56 Å². The maximum absolute atomic E-state index is 13.2. The molecule has 1 saturated heterocycles. The van der Waals surface area contributed by atoms with Crippen molar-refractivity contribution in [2.75, 3.05) is 20.8 Å². The van der Waals surface area contributed by atoms with Crippen LogP contribution < -0.4 is 5.32 Å². The highest BCUT2D eigenvalue weighted by molar-refractivity contribution is 5.99. The Balaban J connectivity index is 1.53. The molecule has 13 nitrogen and oxygen atoms in total. The topological polar surface area (TPSA) is 166 Å². The van der Waals surface area contributed by atoms with Gasteiger partial charge in [0.2, 0.25) is 5.91 Å². The fourth-order valence-corrected chi connectivity index (χ4v) is 4.97. The minimum atomic E-state index is -0.884. The molecular weight excluding hydrogens is 544 g/mol. The Morgan fingerprint density at radius 3 is 2.40 bits per heavy atom. The molecule has 3 atom stereocenters. The molecular formula is C29H34N6O7. The van der Waals surface area contributed by atoms with Gasteiger partial charge in [0.1, 0.15) is 17.8 Å². The van der Waals surface area contributed by atoms with Gasteiger partial charge < -0.3 is 24.8 Å². The van der Waals surface area contributed by atoms with Gasteiger partial charge in [0.05, 0.1) is 31.7 Å². The van der Waals surface area contributed by atoms with Crippen LogP contribution >= 0.6 is 0 Å². The molecule has 4 rings (SSSR count). The van der Waals surface area contributed by atoms with E-state index in [2.05, 4.69) is 20.6 Å². The number of pyridine rings is 1. The first-order chi connectivity index (χ1) is 20.1. The zero-order chi connectivity index (χ0) is 30.4. The summed E-state index contributed by atoms with van der Waals surface area (Å²) in [6.45, 7) is 4.23. The van der Waals surface area contributed by atoms with Crippen LogP contribution in [-0.2, 0) is 30.3 Å². The summed E-state index contributed by atoms with van der Waals surface area (Å²) >= 11 is 0. The number of carbonyl (C=O) groups is 4. The van der Waals surface area contributed by atoms with Gasteiger partial charge in [-0.3, -0.25) is 14.6 Å². The van der Waals surface area contributed by atoms with Crippen LogP contribution in [0.2, 0.25) is 0 Å². The van der Waals surface area contributed by atoms with E-state index in [1.807, 2.05) is 13.8 Å². The number of benzene rings is 1. The Kier molecular flexibility index (Phi) is 9.50. The summed E-state index contributed by atoms with van der Waals surface area (Å²) < 4.78 is 11.3. The molecule has 0 bridgehead atoms. The van der Waals surface area contributed by atoms with Crippen molar-refractivity contribution in [1.82, 2.24) is 30.2 Å². The summed E-state index contributed by atoms with van der Waals surface area (Å²) in [7, 11) is 2.56. The van der Waals surface area contributed by atoms with Crippen LogP contribution in [0.5, 0.6) is 5.75 Å². The number of amides is 2. The number of nitrogens with zero attached hydrogens (tertiary/aromatic N) is 5. The predicted molar refractivity (Wildman–Crippen MR) is 149 cm³/mol. The maximum Gasteiger partial charge on any atom is 0.331 e. The molecule has 1 aromatic carbocycles. The number of aromatic hydroxyl groups is 1. The third-order valence-corrected chi connectivity index (χ3v) is 7.09. The number of ether oxygens (including phenoxy) is 2. The molecule has 0 radical (unpaired) electrons. The monoisotopic (exact) mass is 578 g/mol. The quantitative estimate of drug-likeness (QED) is 0.321. The van der Waals surface area contributed by atoms with Crippen molar-refractivity contribution in [2.45, 2.75) is 51.2 Å². The van der Waals surface area contributed by atoms with Crippen molar-refractivity contribution in [3.05, 3.63) is 60.0 Å². The minimum absolute atomic E-state index is 0.0989. The van der Waals surface area contributed by atoms with Gasteiger partial charge in [0.15, 0.2) is 6.04 Å². The number of hydrogen-bond donors (Lipinski definition) is 2. The molecule has 0 saturated carbocycles. The van der Waals surface area contributed by atoms with Gasteiger partial charge in [-0.15, -0.1) is 5.10 Å². The number of phenols is 1. The van der Waals surface area contributed by atoms with Gasteiger partial charge in [-0.25, -0.2) is 14.3 Å². The summed E-state index contributed by atoms with van der Waals surface area (Å²) in [4.78, 5) is 57.2. The number of aromatic nitrogens is 4. The van der Waals surface area contributed by atoms with Crippen molar-refractivity contribution in [3.63, 3.8) is 0 Å². The number of carbonyl (C=O) groups excluding carboxylic acids is 4. The molecule has 1 aliphatic heterocycles. The lowest BCUT2D eigenvalue weighted by Crippen LogP contribution is -2.48. The van der Waals surface area contributed by atoms with Gasteiger partial charge in [-0.05, 0) is 42.5 Å². The second kappa shape index (κ2) is 13.2. The van der Waals surface area contributed by atoms with Crippen molar-refractivity contribution in [1.29, 1.82) is 0 Å². The summed E-state index contributed by atoms with van der Waals surface area (Å²) in [5.74, 6) is -1.64. The molecule has 42 heavy (non-hydrogen) atoms. The molecule has 2 N–H and O–H groups in total. The predicted octanol–water partition coefficient (Wildman–Crippen LogP) is 1.92. The van der Waals surface area contributed by atoms with Gasteiger partial charge >= 0.3 is 11.9 Å². The van der Waals surface area contributed by atoms with Gasteiger partial charge in [-0.1, -0.05) is 31.2 Å². The number of nitrogens with one attached hydrogen (secondary N) is 1. The van der Waals surface area contributed by atoms with Gasteiger partial charge in [0, 0.05) is 30.9 Å². The first kappa shape index (κ1) is 30.2. The van der Waals surface area contributed by atoms with Crippen molar-refractivity contribution in [2.24, 2.45) is 5.92 Å². The Morgan fingerprint density at radius 1 is 1.05 bits per heavy atom. The maximum atomic E-state index is 13.2. The Labute approximate surface area is 242 Å². The van der Waals surface area contributed by atoms with Crippen molar-refractivity contribution >= 4 is 23.8 Å². The highest BCUT2D eigenvalue weighted by Crippen LogP contribution is 2.26. The summed E-state index contributed by atoms with van der Waals surface area (Å²) in [5.41, 5.74) is 1.83. The van der Waals surface area contributed by atoms with Crippen LogP contribution in [-0.4, -0.2) is 86.6 Å². The van der Waals surface area contributed by atoms with Crippen LogP contribution in [0.3, 0.4) is 0 Å². The number of phenolic OH excluding ortho intramolecular Hbond substituents is 1. The summed E-state index contributed by atoms with van der Waals surface area (Å²) in [5, 5.41) is 20.4. The average Bonchev–Trinajstić information content (AvgIpc) is 3.61. The SMILES string of the molecule is COC(=O)[C@H](CC(C)C)N1CC[C@@H](NC(=O)c2cncc(-c3cnnn3[C@@H](Cc3ccc(O)cc3)C(=O)OC)c2)C1=O. The zero-order valence-electron chi connectivity index (χ0n) is 23.9. The standard InChI is InChI=1S/C29H34N6O7/c1-17(2)11-23(28(39)41-3)34-10-9-22(27(34)38)32-26(37)20-13-19(14-30-15-20)25-16-31-33-35(25)24(29(40)42-4)12-18-5-7-21(36)8-6-18/h5-8,13-17,22-24,36H,9-12H2,1-4H3,(H,32,37)/t22-,23+,24+/m1/s1. The third kappa shape index (κ3) is 6.73. The largest absolute Gasteiger partial charge is 0.508 e. The van der Waals surface area contributed by atoms with Gasteiger partial charge in [-0.2, -0.15) is 0 Å². The molecule has 0 spiro atoms. The molecule has 3 aromatic rings. The smallest absolute Gasteiger partial charge is 0.331 e. The zero-order valence-corrected chi connectivity index (χ0v) is 23.9. The molecule has 13 heteroatoms. The number of likely N-dealkylation sites (tertiary alicyclic amines) is 1. The highest BCUT2D eigenvalue weighted by atomic mass is 16.5. The average molecular weight is 579 g/mol. The molecule has 222 valence electrons. The third-order valence-electron chi connectivity index (χ3n) is 7.09. The van der Waals surface area contributed by atoms with E-state index >= 15 is 0 Å². The van der Waals surface area contributed by atoms with Crippen LogP contribution in [0.4, 0.5) is 0 Å². The molecule has 0 unspecified atom stereocenters. The first-order valence-corrected chi connectivity index (χ1v) is 13.5. The van der Waals surface area contributed by atoms with Crippen LogP contribution in [0.1, 0.15) is 48.7 Å². The van der Waals surface area contributed by atoms with E-state index in [1.165, 1.54) is 54.5 Å². The van der Waals surface area contributed by atoms with Crippen molar-refractivity contribution < 1.29 is 33.8 Å². The first-order valence-electron chi connectivity index (χ1n) is 13.5. The summed E-state index contributed by atoms with van der Waals surface area (Å²) in [6, 6.07) is 5.59. The molecule has 0 aliphatic carbocycles. The molecule has 1 fully saturated rings. The molecule has 1 aliphatic rings. The number of rotatable bonds is 11. The normalized spacial score (nSPS) is 16.3. The second-order valence-electron chi connectivity index (χ2n) is 10.5. The highest BCUT2D eigenvalue weighted by Gasteiger charge is 2.40. The van der Waals surface area contributed by atoms with E-state index in [0.29, 0.717) is 30.6 Å². The number of hydrogen-bond acceptors (Lipinski definition) is 10. The van der Waals surface area contributed by atoms with E-state index in [1.54, 1.807) is 18.2 Å². The van der Waals surface area contributed by atoms with Crippen LogP contribution in [0.15, 0.2) is 48.9 Å². The van der Waals surface area contributed by atoms with Gasteiger partial charge in [0.25, 0.3) is 5.91 Å². The lowest BCUT2D eigenvalue weighted by molar-refractivity contribution is -0.152. The lowest BCUT2D eigenvalue weighted by Gasteiger charge is -2.27. The second-order valence-corrected chi connectivity index (χ2v) is 10.5. The Hall–Kier alpha value is -4.81. The van der Waals surface area contributed by atoms with E-state index in [9.17, 15) is 24.3 Å². The lowest BCUT2D eigenvalue weighted by atomic mass is 10.0. The minimum Gasteiger partial charge on any atom is -0.508 e. The number of esters is 2. The van der Waals surface area contributed by atoms with E-state index in [-0.39, 0.29) is 29.6 Å². The van der Waals surface area contributed by atoms with E-state index < -0.39 is 36.0 Å². The Bertz CT molecular complexity index is 1440.